The Balaban J connectivity index is 1.91. The number of aliphatic hydroxyl groups is 1. The molecule has 20 heavy (non-hydrogen) atoms. The van der Waals surface area contributed by atoms with Crippen LogP contribution in [0.15, 0.2) is 12.3 Å². The van der Waals surface area contributed by atoms with E-state index in [9.17, 15) is 13.5 Å². The maximum absolute atomic E-state index is 11.2. The van der Waals surface area contributed by atoms with Crippen LogP contribution in [0.25, 0.3) is 0 Å². The summed E-state index contributed by atoms with van der Waals surface area (Å²) < 4.78 is 43.6. The van der Waals surface area contributed by atoms with Crippen molar-refractivity contribution >= 4 is 10.1 Å². The summed E-state index contributed by atoms with van der Waals surface area (Å²) in [6.45, 7) is 0.744. The second-order valence-corrected chi connectivity index (χ2v) is 6.49. The fourth-order valence-corrected chi connectivity index (χ4v) is 2.77. The van der Waals surface area contributed by atoms with Gasteiger partial charge in [-0.25, -0.2) is 0 Å². The van der Waals surface area contributed by atoms with Gasteiger partial charge in [0.1, 0.15) is 12.2 Å². The number of hydrogen-bond donors (Lipinski definition) is 1. The molecule has 0 amide bonds. The molecule has 2 aliphatic rings. The summed E-state index contributed by atoms with van der Waals surface area (Å²) in [5.74, 6) is 0. The molecule has 7 nitrogen and oxygen atoms in total. The molecule has 0 aromatic heterocycles. The summed E-state index contributed by atoms with van der Waals surface area (Å²) in [6.07, 6.45) is 3.35. The van der Waals surface area contributed by atoms with Gasteiger partial charge in [-0.2, -0.15) is 8.42 Å². The zero-order valence-corrected chi connectivity index (χ0v) is 12.1. The second kappa shape index (κ2) is 6.86. The average molecular weight is 308 g/mol. The Hall–Kier alpha value is -0.670. The molecule has 0 radical (unpaired) electrons. The molecule has 0 bridgehead atoms. The van der Waals surface area contributed by atoms with E-state index in [1.54, 1.807) is 0 Å². The lowest BCUT2D eigenvalue weighted by Crippen LogP contribution is -2.46. The van der Waals surface area contributed by atoms with Gasteiger partial charge in [-0.15, -0.1) is 0 Å². The molecule has 1 unspecified atom stereocenters. The summed E-state index contributed by atoms with van der Waals surface area (Å²) in [5.41, 5.74) is 0. The lowest BCUT2D eigenvalue weighted by molar-refractivity contribution is -0.187. The molecule has 4 atom stereocenters. The van der Waals surface area contributed by atoms with E-state index in [0.717, 1.165) is 25.5 Å². The van der Waals surface area contributed by atoms with Gasteiger partial charge in [0.15, 0.2) is 12.4 Å². The molecule has 2 rings (SSSR count). The van der Waals surface area contributed by atoms with Crippen molar-refractivity contribution in [2.45, 2.75) is 43.9 Å². The predicted octanol–water partition coefficient (Wildman–Crippen LogP) is 0.148. The summed E-state index contributed by atoms with van der Waals surface area (Å²) in [5, 5.41) is 9.80. The second-order valence-electron chi connectivity index (χ2n) is 4.89. The third-order valence-electron chi connectivity index (χ3n) is 3.10. The minimum absolute atomic E-state index is 0.0895. The minimum atomic E-state index is -3.69. The first kappa shape index (κ1) is 15.7. The highest BCUT2D eigenvalue weighted by Crippen LogP contribution is 2.20. The molecule has 0 aromatic rings. The van der Waals surface area contributed by atoms with E-state index >= 15 is 0 Å². The highest BCUT2D eigenvalue weighted by Gasteiger charge is 2.35. The van der Waals surface area contributed by atoms with Crippen LogP contribution in [0.2, 0.25) is 0 Å². The van der Waals surface area contributed by atoms with E-state index in [4.69, 9.17) is 18.4 Å². The van der Waals surface area contributed by atoms with Crippen molar-refractivity contribution in [3.05, 3.63) is 12.3 Å². The van der Waals surface area contributed by atoms with Crippen LogP contribution in [0.1, 0.15) is 19.3 Å². The maximum atomic E-state index is 11.2. The average Bonchev–Trinajstić information content (AvgIpc) is 2.39. The Morgan fingerprint density at radius 2 is 2.20 bits per heavy atom. The molecule has 2 aliphatic heterocycles. The topological polar surface area (TPSA) is 91.3 Å². The van der Waals surface area contributed by atoms with Crippen LogP contribution < -0.4 is 0 Å². The van der Waals surface area contributed by atoms with Crippen molar-refractivity contribution in [1.29, 1.82) is 0 Å². The van der Waals surface area contributed by atoms with Gasteiger partial charge < -0.3 is 19.3 Å². The quantitative estimate of drug-likeness (QED) is 0.723. The fraction of sp³-hybridized carbons (Fsp3) is 0.833. The van der Waals surface area contributed by atoms with Crippen molar-refractivity contribution in [3.63, 3.8) is 0 Å². The zero-order valence-electron chi connectivity index (χ0n) is 11.3. The Morgan fingerprint density at radius 3 is 2.85 bits per heavy atom. The molecule has 116 valence electrons. The summed E-state index contributed by atoms with van der Waals surface area (Å²) in [6, 6.07) is 0. The molecular weight excluding hydrogens is 288 g/mol. The lowest BCUT2D eigenvalue weighted by Gasteiger charge is -2.32. The number of aliphatic hydroxyl groups excluding tert-OH is 1. The zero-order chi connectivity index (χ0) is 14.6. The van der Waals surface area contributed by atoms with Crippen LogP contribution in [0.5, 0.6) is 0 Å². The summed E-state index contributed by atoms with van der Waals surface area (Å²) >= 11 is 0. The largest absolute Gasteiger partial charge is 0.493 e. The summed E-state index contributed by atoms with van der Waals surface area (Å²) in [4.78, 5) is 0. The normalized spacial score (nSPS) is 34.7. The number of hydrogen-bond acceptors (Lipinski definition) is 7. The summed E-state index contributed by atoms with van der Waals surface area (Å²) in [7, 11) is -3.69. The molecular formula is C12H20O7S. The van der Waals surface area contributed by atoms with Gasteiger partial charge in [-0.1, -0.05) is 0 Å². The molecule has 1 saturated heterocycles. The molecule has 0 spiro atoms. The van der Waals surface area contributed by atoms with Gasteiger partial charge in [0.2, 0.25) is 0 Å². The van der Waals surface area contributed by atoms with E-state index in [0.29, 0.717) is 6.61 Å². The molecule has 2 heterocycles. The SMILES string of the molecule is CS(=O)(=O)O[C@H]1[C@H](O)C=CO[C@@H]1COC1CCCCO1. The smallest absolute Gasteiger partial charge is 0.264 e. The highest BCUT2D eigenvalue weighted by atomic mass is 32.2. The van der Waals surface area contributed by atoms with E-state index in [2.05, 4.69) is 0 Å². The number of rotatable bonds is 5. The molecule has 0 aromatic carbocycles. The van der Waals surface area contributed by atoms with E-state index in [1.165, 1.54) is 12.3 Å². The first-order chi connectivity index (χ1) is 9.46. The van der Waals surface area contributed by atoms with Gasteiger partial charge in [0, 0.05) is 6.61 Å². The Bertz CT molecular complexity index is 427. The first-order valence-electron chi connectivity index (χ1n) is 6.57. The number of ether oxygens (including phenoxy) is 3. The molecule has 0 saturated carbocycles. The Labute approximate surface area is 118 Å². The van der Waals surface area contributed by atoms with E-state index in [1.807, 2.05) is 0 Å². The first-order valence-corrected chi connectivity index (χ1v) is 8.39. The Morgan fingerprint density at radius 1 is 1.40 bits per heavy atom. The van der Waals surface area contributed by atoms with Crippen LogP contribution in [-0.4, -0.2) is 57.6 Å². The third kappa shape index (κ3) is 4.71. The van der Waals surface area contributed by atoms with Crippen LogP contribution in [-0.2, 0) is 28.5 Å². The van der Waals surface area contributed by atoms with Crippen molar-refractivity contribution in [2.24, 2.45) is 0 Å². The lowest BCUT2D eigenvalue weighted by atomic mass is 10.1. The minimum Gasteiger partial charge on any atom is -0.493 e. The van der Waals surface area contributed by atoms with Crippen molar-refractivity contribution in [1.82, 2.24) is 0 Å². The maximum Gasteiger partial charge on any atom is 0.264 e. The Kier molecular flexibility index (Phi) is 5.39. The highest BCUT2D eigenvalue weighted by molar-refractivity contribution is 7.86. The molecule has 1 fully saturated rings. The standard InChI is InChI=1S/C12H20O7S/c1-20(14,15)19-12-9(13)5-7-16-10(12)8-18-11-4-2-3-6-17-11/h5,7,9-13H,2-4,6,8H2,1H3/t9-,10-,11?,12+/m1/s1. The predicted molar refractivity (Wildman–Crippen MR) is 69.3 cm³/mol. The van der Waals surface area contributed by atoms with Gasteiger partial charge in [0.25, 0.3) is 10.1 Å². The van der Waals surface area contributed by atoms with Crippen molar-refractivity contribution in [2.75, 3.05) is 19.5 Å². The van der Waals surface area contributed by atoms with Gasteiger partial charge in [0.05, 0.1) is 19.1 Å². The monoisotopic (exact) mass is 308 g/mol. The van der Waals surface area contributed by atoms with Crippen LogP contribution in [0.4, 0.5) is 0 Å². The van der Waals surface area contributed by atoms with Crippen molar-refractivity contribution < 1.29 is 31.9 Å². The molecule has 0 aliphatic carbocycles. The van der Waals surface area contributed by atoms with E-state index in [-0.39, 0.29) is 12.9 Å². The van der Waals surface area contributed by atoms with Gasteiger partial charge in [-0.05, 0) is 25.3 Å². The van der Waals surface area contributed by atoms with Gasteiger partial charge >= 0.3 is 0 Å². The van der Waals surface area contributed by atoms with Crippen LogP contribution in [0.3, 0.4) is 0 Å². The van der Waals surface area contributed by atoms with Crippen LogP contribution >= 0.6 is 0 Å². The third-order valence-corrected chi connectivity index (χ3v) is 3.67. The van der Waals surface area contributed by atoms with Crippen molar-refractivity contribution in [3.8, 4) is 0 Å². The fourth-order valence-electron chi connectivity index (χ4n) is 2.13. The van der Waals surface area contributed by atoms with Gasteiger partial charge in [-0.3, -0.25) is 4.18 Å². The molecule has 8 heteroatoms. The van der Waals surface area contributed by atoms with Crippen LogP contribution in [0, 0.1) is 0 Å². The molecule has 1 N–H and O–H groups in total. The van der Waals surface area contributed by atoms with E-state index < -0.39 is 28.4 Å².